The Morgan fingerprint density at radius 3 is 2.56 bits per heavy atom. The van der Waals surface area contributed by atoms with Crippen LogP contribution >= 0.6 is 0 Å². The molecule has 1 aromatic rings. The molecule has 1 rings (SSSR count). The molecule has 0 saturated heterocycles. The van der Waals surface area contributed by atoms with Crippen molar-refractivity contribution in [1.82, 2.24) is 0 Å². The van der Waals surface area contributed by atoms with Gasteiger partial charge in [-0.3, -0.25) is 0 Å². The van der Waals surface area contributed by atoms with Crippen molar-refractivity contribution in [2.75, 3.05) is 0 Å². The van der Waals surface area contributed by atoms with Crippen molar-refractivity contribution in [2.45, 2.75) is 13.0 Å². The van der Waals surface area contributed by atoms with Crippen LogP contribution in [-0.2, 0) is 0 Å². The number of alkyl halides is 2. The van der Waals surface area contributed by atoms with Gasteiger partial charge in [0.25, 0.3) is 0 Å². The second-order valence-corrected chi connectivity index (χ2v) is 3.35. The lowest BCUT2D eigenvalue weighted by Crippen LogP contribution is -2.31. The van der Waals surface area contributed by atoms with E-state index in [1.807, 2.05) is 0 Å². The standard InChI is InChI=1S/C10H11BF2O3/c1-7(2)10(12,13)16-9-5-3-4-8(6-9)11(14)15/h3-6,14-15H,1H2,2H3. The van der Waals surface area contributed by atoms with Gasteiger partial charge in [0.1, 0.15) is 5.75 Å². The lowest BCUT2D eigenvalue weighted by Gasteiger charge is -2.18. The van der Waals surface area contributed by atoms with Gasteiger partial charge in [-0.25, -0.2) is 0 Å². The quantitative estimate of drug-likeness (QED) is 0.594. The Bertz CT molecular complexity index is 393. The van der Waals surface area contributed by atoms with Crippen LogP contribution in [0, 0.1) is 0 Å². The first-order chi connectivity index (χ1) is 7.33. The average molecular weight is 228 g/mol. The van der Waals surface area contributed by atoms with Gasteiger partial charge in [-0.1, -0.05) is 18.7 Å². The first-order valence-corrected chi connectivity index (χ1v) is 4.52. The molecule has 0 atom stereocenters. The second-order valence-electron chi connectivity index (χ2n) is 3.35. The van der Waals surface area contributed by atoms with Crippen molar-refractivity contribution in [1.29, 1.82) is 0 Å². The molecule has 16 heavy (non-hydrogen) atoms. The van der Waals surface area contributed by atoms with Gasteiger partial charge >= 0.3 is 13.2 Å². The van der Waals surface area contributed by atoms with E-state index in [0.29, 0.717) is 0 Å². The molecular formula is C10H11BF2O3. The number of benzene rings is 1. The fourth-order valence-electron chi connectivity index (χ4n) is 0.974. The largest absolute Gasteiger partial charge is 0.488 e. The SMILES string of the molecule is C=C(C)C(F)(F)Oc1cccc(B(O)O)c1. The van der Waals surface area contributed by atoms with E-state index in [2.05, 4.69) is 11.3 Å². The predicted octanol–water partition coefficient (Wildman–Crippen LogP) is 0.914. The van der Waals surface area contributed by atoms with Gasteiger partial charge in [0.05, 0.1) is 0 Å². The Hall–Kier alpha value is -1.40. The Kier molecular flexibility index (Phi) is 3.67. The third-order valence-electron chi connectivity index (χ3n) is 1.90. The fraction of sp³-hybridized carbons (Fsp3) is 0.200. The maximum absolute atomic E-state index is 13.1. The third kappa shape index (κ3) is 3.05. The smallest absolute Gasteiger partial charge is 0.429 e. The van der Waals surface area contributed by atoms with Gasteiger partial charge < -0.3 is 14.8 Å². The Morgan fingerprint density at radius 1 is 1.44 bits per heavy atom. The highest BCUT2D eigenvalue weighted by Crippen LogP contribution is 2.26. The molecule has 1 aromatic carbocycles. The minimum atomic E-state index is -3.47. The number of ether oxygens (including phenoxy) is 1. The van der Waals surface area contributed by atoms with Crippen LogP contribution < -0.4 is 10.2 Å². The summed E-state index contributed by atoms with van der Waals surface area (Å²) in [5, 5.41) is 17.7. The topological polar surface area (TPSA) is 49.7 Å². The molecule has 0 radical (unpaired) electrons. The van der Waals surface area contributed by atoms with Crippen molar-refractivity contribution in [2.24, 2.45) is 0 Å². The van der Waals surface area contributed by atoms with E-state index in [9.17, 15) is 8.78 Å². The fourth-order valence-corrected chi connectivity index (χ4v) is 0.974. The van der Waals surface area contributed by atoms with Crippen molar-refractivity contribution in [3.05, 3.63) is 36.4 Å². The highest BCUT2D eigenvalue weighted by Gasteiger charge is 2.32. The number of hydrogen-bond acceptors (Lipinski definition) is 3. The van der Waals surface area contributed by atoms with Crippen molar-refractivity contribution in [3.63, 3.8) is 0 Å². The van der Waals surface area contributed by atoms with Gasteiger partial charge in [0, 0.05) is 5.57 Å². The van der Waals surface area contributed by atoms with Crippen LogP contribution in [0.4, 0.5) is 8.78 Å². The van der Waals surface area contributed by atoms with E-state index in [1.165, 1.54) is 18.2 Å². The lowest BCUT2D eigenvalue weighted by molar-refractivity contribution is -0.141. The van der Waals surface area contributed by atoms with E-state index in [4.69, 9.17) is 10.0 Å². The van der Waals surface area contributed by atoms with Gasteiger partial charge in [0.2, 0.25) is 0 Å². The molecule has 6 heteroatoms. The molecule has 86 valence electrons. The summed E-state index contributed by atoms with van der Waals surface area (Å²) in [5.74, 6) is -0.154. The molecular weight excluding hydrogens is 217 g/mol. The Labute approximate surface area is 92.1 Å². The first kappa shape index (κ1) is 12.7. The van der Waals surface area contributed by atoms with E-state index in [1.54, 1.807) is 0 Å². The maximum atomic E-state index is 13.1. The van der Waals surface area contributed by atoms with E-state index >= 15 is 0 Å². The van der Waals surface area contributed by atoms with Crippen LogP contribution in [-0.4, -0.2) is 23.3 Å². The number of rotatable bonds is 4. The highest BCUT2D eigenvalue weighted by atomic mass is 19.3. The molecule has 0 aliphatic rings. The molecule has 0 aromatic heterocycles. The number of halogens is 2. The minimum Gasteiger partial charge on any atom is -0.429 e. The number of hydrogen-bond donors (Lipinski definition) is 2. The molecule has 0 heterocycles. The summed E-state index contributed by atoms with van der Waals surface area (Å²) >= 11 is 0. The first-order valence-electron chi connectivity index (χ1n) is 4.52. The lowest BCUT2D eigenvalue weighted by atomic mass is 9.80. The van der Waals surface area contributed by atoms with E-state index in [-0.39, 0.29) is 11.2 Å². The van der Waals surface area contributed by atoms with Gasteiger partial charge in [-0.15, -0.1) is 0 Å². The zero-order valence-corrected chi connectivity index (χ0v) is 8.65. The third-order valence-corrected chi connectivity index (χ3v) is 1.90. The van der Waals surface area contributed by atoms with Crippen molar-refractivity contribution < 1.29 is 23.6 Å². The summed E-state index contributed by atoms with van der Waals surface area (Å²) in [6.45, 7) is 4.25. The summed E-state index contributed by atoms with van der Waals surface area (Å²) in [6, 6.07) is 5.19. The molecule has 0 bridgehead atoms. The molecule has 0 fully saturated rings. The molecule has 3 nitrogen and oxygen atoms in total. The van der Waals surface area contributed by atoms with Crippen molar-refractivity contribution >= 4 is 12.6 Å². The summed E-state index contributed by atoms with van der Waals surface area (Å²) in [4.78, 5) is 0. The monoisotopic (exact) mass is 228 g/mol. The van der Waals surface area contributed by atoms with Gasteiger partial charge in [-0.05, 0) is 24.5 Å². The molecule has 0 amide bonds. The van der Waals surface area contributed by atoms with Crippen LogP contribution in [0.2, 0.25) is 0 Å². The summed E-state index contributed by atoms with van der Waals surface area (Å²) in [7, 11) is -1.72. The van der Waals surface area contributed by atoms with Crippen LogP contribution in [0.5, 0.6) is 5.75 Å². The molecule has 2 N–H and O–H groups in total. The molecule has 0 aliphatic carbocycles. The highest BCUT2D eigenvalue weighted by molar-refractivity contribution is 6.58. The summed E-state index contributed by atoms with van der Waals surface area (Å²) in [6.07, 6.45) is -3.47. The summed E-state index contributed by atoms with van der Waals surface area (Å²) < 4.78 is 30.6. The van der Waals surface area contributed by atoms with Crippen LogP contribution in [0.15, 0.2) is 36.4 Å². The average Bonchev–Trinajstić information content (AvgIpc) is 2.17. The van der Waals surface area contributed by atoms with E-state index < -0.39 is 18.8 Å². The molecule has 0 saturated carbocycles. The van der Waals surface area contributed by atoms with Gasteiger partial charge in [0.15, 0.2) is 0 Å². The minimum absolute atomic E-state index is 0.0787. The van der Waals surface area contributed by atoms with Crippen LogP contribution in [0.1, 0.15) is 6.92 Å². The molecule has 0 spiro atoms. The Balaban J connectivity index is 2.90. The molecule has 0 aliphatic heterocycles. The van der Waals surface area contributed by atoms with Gasteiger partial charge in [-0.2, -0.15) is 8.78 Å². The van der Waals surface area contributed by atoms with Crippen LogP contribution in [0.3, 0.4) is 0 Å². The molecule has 0 unspecified atom stereocenters. The maximum Gasteiger partial charge on any atom is 0.488 e. The van der Waals surface area contributed by atoms with Crippen molar-refractivity contribution in [3.8, 4) is 5.75 Å². The normalized spacial score (nSPS) is 11.1. The Morgan fingerprint density at radius 2 is 2.06 bits per heavy atom. The van der Waals surface area contributed by atoms with Crippen LogP contribution in [0.25, 0.3) is 0 Å². The second kappa shape index (κ2) is 4.63. The zero-order valence-electron chi connectivity index (χ0n) is 8.65. The summed E-state index contributed by atoms with van der Waals surface area (Å²) in [5.41, 5.74) is -0.350. The predicted molar refractivity (Wildman–Crippen MR) is 56.7 cm³/mol. The zero-order chi connectivity index (χ0) is 12.3. The van der Waals surface area contributed by atoms with E-state index in [0.717, 1.165) is 13.0 Å².